The van der Waals surface area contributed by atoms with Crippen LogP contribution in [0, 0.1) is 5.92 Å². The normalized spacial score (nSPS) is 15.7. The van der Waals surface area contributed by atoms with Gasteiger partial charge in [0.15, 0.2) is 0 Å². The van der Waals surface area contributed by atoms with Gasteiger partial charge in [-0.2, -0.15) is 13.2 Å². The van der Waals surface area contributed by atoms with Crippen molar-refractivity contribution < 1.29 is 13.2 Å². The fraction of sp³-hybridized carbons (Fsp3) is 0.444. The van der Waals surface area contributed by atoms with E-state index in [4.69, 9.17) is 0 Å². The van der Waals surface area contributed by atoms with Crippen LogP contribution in [0.3, 0.4) is 0 Å². The van der Waals surface area contributed by atoms with Crippen molar-refractivity contribution >= 4 is 5.52 Å². The van der Waals surface area contributed by atoms with Crippen LogP contribution in [0.2, 0.25) is 0 Å². The minimum absolute atomic E-state index is 0.158. The summed E-state index contributed by atoms with van der Waals surface area (Å²) in [5, 5.41) is 7.97. The minimum Gasteiger partial charge on any atom is -0.320 e. The smallest absolute Gasteiger partial charge is 0.320 e. The zero-order valence-corrected chi connectivity index (χ0v) is 21.8. The Bertz CT molecular complexity index is 1480. The molecular formula is C27H32F3N7O. The van der Waals surface area contributed by atoms with E-state index in [2.05, 4.69) is 34.1 Å². The van der Waals surface area contributed by atoms with Gasteiger partial charge in [0.1, 0.15) is 12.2 Å². The van der Waals surface area contributed by atoms with Crippen LogP contribution in [-0.4, -0.2) is 67.3 Å². The number of aryl methyl sites for hydroxylation is 1. The number of aromatic nitrogens is 5. The standard InChI is InChI=1S/C27H32F3N7O/c1-33(2)14-19-7-9-35(10-8-19)15-21-12-23(27(28,29)30)24-17-36(26(38)37(24)16-21)22-6-4-5-20(11-22)13-25-32-31-18-34(25)3/h4-6,11-12,16-19H,7-10,13-15H2,1-3H3. The predicted molar refractivity (Wildman–Crippen MR) is 138 cm³/mol. The summed E-state index contributed by atoms with van der Waals surface area (Å²) in [6, 6.07) is 8.37. The van der Waals surface area contributed by atoms with E-state index in [9.17, 15) is 18.0 Å². The second-order valence-corrected chi connectivity index (χ2v) is 10.5. The van der Waals surface area contributed by atoms with Gasteiger partial charge in [0.05, 0.1) is 16.8 Å². The summed E-state index contributed by atoms with van der Waals surface area (Å²) in [5.41, 5.74) is 0.351. The fourth-order valence-electron chi connectivity index (χ4n) is 5.31. The van der Waals surface area contributed by atoms with Crippen LogP contribution >= 0.6 is 0 Å². The van der Waals surface area contributed by atoms with E-state index in [1.807, 2.05) is 13.1 Å². The molecule has 202 valence electrons. The van der Waals surface area contributed by atoms with Gasteiger partial charge in [0.2, 0.25) is 0 Å². The number of likely N-dealkylation sites (tertiary alicyclic amines) is 1. The largest absolute Gasteiger partial charge is 0.418 e. The highest BCUT2D eigenvalue weighted by Gasteiger charge is 2.35. The van der Waals surface area contributed by atoms with Gasteiger partial charge >= 0.3 is 11.9 Å². The fourth-order valence-corrected chi connectivity index (χ4v) is 5.31. The summed E-state index contributed by atoms with van der Waals surface area (Å²) in [7, 11) is 5.95. The molecule has 1 aliphatic rings. The van der Waals surface area contributed by atoms with Crippen molar-refractivity contribution in [2.75, 3.05) is 33.7 Å². The number of hydrogen-bond donors (Lipinski definition) is 0. The second kappa shape index (κ2) is 10.4. The zero-order chi connectivity index (χ0) is 27.0. The van der Waals surface area contributed by atoms with Crippen LogP contribution in [0.1, 0.15) is 35.4 Å². The van der Waals surface area contributed by atoms with Crippen LogP contribution in [0.4, 0.5) is 13.2 Å². The molecule has 3 aromatic heterocycles. The Morgan fingerprint density at radius 3 is 2.50 bits per heavy atom. The van der Waals surface area contributed by atoms with Gasteiger partial charge in [0, 0.05) is 39.0 Å². The highest BCUT2D eigenvalue weighted by molar-refractivity contribution is 5.58. The summed E-state index contributed by atoms with van der Waals surface area (Å²) in [5.74, 6) is 1.34. The van der Waals surface area contributed by atoms with Gasteiger partial charge in [-0.3, -0.25) is 13.9 Å². The minimum atomic E-state index is -4.59. The molecule has 0 spiro atoms. The maximum absolute atomic E-state index is 14.1. The number of alkyl halides is 3. The third kappa shape index (κ3) is 5.53. The number of piperidine rings is 1. The van der Waals surface area contributed by atoms with Crippen molar-refractivity contribution in [3.63, 3.8) is 0 Å². The average Bonchev–Trinajstić information content (AvgIpc) is 3.41. The van der Waals surface area contributed by atoms with E-state index in [0.29, 0.717) is 30.1 Å². The first-order valence-electron chi connectivity index (χ1n) is 12.7. The van der Waals surface area contributed by atoms with E-state index in [1.165, 1.54) is 16.8 Å². The number of hydrogen-bond acceptors (Lipinski definition) is 5. The molecule has 1 aromatic carbocycles. The molecule has 1 fully saturated rings. The maximum Gasteiger partial charge on any atom is 0.418 e. The Morgan fingerprint density at radius 2 is 1.84 bits per heavy atom. The SMILES string of the molecule is CN(C)CC1CCN(Cc2cc(C(F)(F)F)c3cn(-c4cccc(Cc5nncn5C)c4)c(=O)n3c2)CC1. The van der Waals surface area contributed by atoms with Crippen molar-refractivity contribution in [2.24, 2.45) is 13.0 Å². The lowest BCUT2D eigenvalue weighted by Crippen LogP contribution is -2.36. The van der Waals surface area contributed by atoms with E-state index in [0.717, 1.165) is 48.3 Å². The molecular weight excluding hydrogens is 495 g/mol. The lowest BCUT2D eigenvalue weighted by molar-refractivity contribution is -0.136. The summed E-state index contributed by atoms with van der Waals surface area (Å²) < 4.78 is 46.7. The summed E-state index contributed by atoms with van der Waals surface area (Å²) in [6.45, 7) is 3.04. The third-order valence-corrected chi connectivity index (χ3v) is 7.22. The topological polar surface area (TPSA) is 63.6 Å². The van der Waals surface area contributed by atoms with Gasteiger partial charge in [0.25, 0.3) is 0 Å². The molecule has 1 aliphatic heterocycles. The maximum atomic E-state index is 14.1. The third-order valence-electron chi connectivity index (χ3n) is 7.22. The van der Waals surface area contributed by atoms with Gasteiger partial charge in [-0.15, -0.1) is 10.2 Å². The monoisotopic (exact) mass is 527 g/mol. The van der Waals surface area contributed by atoms with Crippen LogP contribution in [0.5, 0.6) is 0 Å². The number of nitrogens with zero attached hydrogens (tertiary/aromatic N) is 7. The van der Waals surface area contributed by atoms with Crippen molar-refractivity contribution in [3.8, 4) is 5.69 Å². The first kappa shape index (κ1) is 26.2. The molecule has 4 heterocycles. The average molecular weight is 528 g/mol. The molecule has 11 heteroatoms. The van der Waals surface area contributed by atoms with Crippen molar-refractivity contribution in [1.29, 1.82) is 0 Å². The molecule has 0 bridgehead atoms. The van der Waals surface area contributed by atoms with Gasteiger partial charge in [-0.25, -0.2) is 4.79 Å². The Kier molecular flexibility index (Phi) is 7.15. The van der Waals surface area contributed by atoms with Crippen LogP contribution < -0.4 is 5.69 Å². The molecule has 8 nitrogen and oxygen atoms in total. The summed E-state index contributed by atoms with van der Waals surface area (Å²) in [6.07, 6.45) is 2.34. The van der Waals surface area contributed by atoms with Crippen molar-refractivity contribution in [2.45, 2.75) is 32.0 Å². The molecule has 0 amide bonds. The number of imidazole rings is 1. The predicted octanol–water partition coefficient (Wildman–Crippen LogP) is 3.60. The van der Waals surface area contributed by atoms with Crippen molar-refractivity contribution in [3.05, 3.63) is 82.1 Å². The molecule has 1 saturated heterocycles. The molecule has 0 saturated carbocycles. The second-order valence-electron chi connectivity index (χ2n) is 10.5. The van der Waals surface area contributed by atoms with E-state index in [1.54, 1.807) is 35.3 Å². The molecule has 0 N–H and O–H groups in total. The van der Waals surface area contributed by atoms with E-state index >= 15 is 0 Å². The number of pyridine rings is 1. The molecule has 38 heavy (non-hydrogen) atoms. The van der Waals surface area contributed by atoms with Crippen LogP contribution in [-0.2, 0) is 26.2 Å². The number of fused-ring (bicyclic) bond motifs is 1. The molecule has 0 radical (unpaired) electrons. The van der Waals surface area contributed by atoms with Gasteiger partial charge in [-0.1, -0.05) is 12.1 Å². The quantitative estimate of drug-likeness (QED) is 0.368. The highest BCUT2D eigenvalue weighted by Crippen LogP contribution is 2.34. The Balaban J connectivity index is 1.46. The van der Waals surface area contributed by atoms with Gasteiger partial charge < -0.3 is 9.47 Å². The number of halogens is 3. The first-order valence-corrected chi connectivity index (χ1v) is 12.7. The number of benzene rings is 1. The Labute approximate surface area is 218 Å². The first-order chi connectivity index (χ1) is 18.1. The molecule has 0 aliphatic carbocycles. The molecule has 0 atom stereocenters. The molecule has 5 rings (SSSR count). The van der Waals surface area contributed by atoms with Crippen LogP contribution in [0.25, 0.3) is 11.2 Å². The summed E-state index contributed by atoms with van der Waals surface area (Å²) >= 11 is 0. The Morgan fingerprint density at radius 1 is 1.08 bits per heavy atom. The molecule has 4 aromatic rings. The van der Waals surface area contributed by atoms with E-state index < -0.39 is 17.4 Å². The number of rotatable bonds is 7. The van der Waals surface area contributed by atoms with E-state index in [-0.39, 0.29) is 5.52 Å². The van der Waals surface area contributed by atoms with Crippen molar-refractivity contribution in [1.82, 2.24) is 33.5 Å². The van der Waals surface area contributed by atoms with Crippen LogP contribution in [0.15, 0.2) is 53.8 Å². The lowest BCUT2D eigenvalue weighted by Gasteiger charge is -2.33. The Hall–Kier alpha value is -3.44. The van der Waals surface area contributed by atoms with Gasteiger partial charge in [-0.05, 0) is 75.3 Å². The highest BCUT2D eigenvalue weighted by atomic mass is 19.4. The zero-order valence-electron chi connectivity index (χ0n) is 21.8. The molecule has 0 unspecified atom stereocenters. The lowest BCUT2D eigenvalue weighted by atomic mass is 9.96. The summed E-state index contributed by atoms with van der Waals surface area (Å²) in [4.78, 5) is 17.7.